The fraction of sp³-hybridized carbons (Fsp3) is 0. The third-order valence-corrected chi connectivity index (χ3v) is 1.28. The van der Waals surface area contributed by atoms with Gasteiger partial charge in [-0.05, 0) is 18.2 Å². The molecule has 0 aliphatic rings. The smallest absolute Gasteiger partial charge is 0.150 e. The molecule has 58 valence electrons. The lowest BCUT2D eigenvalue weighted by Gasteiger charge is -2.00. The summed E-state index contributed by atoms with van der Waals surface area (Å²) in [6.07, 6.45) is 0.625. The van der Waals surface area contributed by atoms with Gasteiger partial charge in [0.05, 0.1) is 5.69 Å². The van der Waals surface area contributed by atoms with Crippen LogP contribution in [0.4, 0.5) is 10.1 Å². The van der Waals surface area contributed by atoms with E-state index in [1.165, 1.54) is 18.2 Å². The SMILES string of the molecule is NNc1cc(C=O)ccc1F. The lowest BCUT2D eigenvalue weighted by atomic mass is 10.2. The maximum Gasteiger partial charge on any atom is 0.150 e. The van der Waals surface area contributed by atoms with Gasteiger partial charge in [-0.15, -0.1) is 0 Å². The van der Waals surface area contributed by atoms with E-state index in [4.69, 9.17) is 5.84 Å². The van der Waals surface area contributed by atoms with Gasteiger partial charge in [0.15, 0.2) is 0 Å². The number of benzene rings is 1. The van der Waals surface area contributed by atoms with Crippen LogP contribution in [-0.2, 0) is 0 Å². The Labute approximate surface area is 63.0 Å². The number of carbonyl (C=O) groups excluding carboxylic acids is 1. The lowest BCUT2D eigenvalue weighted by Crippen LogP contribution is -2.08. The molecule has 1 aromatic rings. The summed E-state index contributed by atoms with van der Waals surface area (Å²) in [5.74, 6) is 4.49. The Balaban J connectivity index is 3.12. The molecule has 0 heterocycles. The second-order valence-corrected chi connectivity index (χ2v) is 2.00. The second-order valence-electron chi connectivity index (χ2n) is 2.00. The predicted molar refractivity (Wildman–Crippen MR) is 39.6 cm³/mol. The van der Waals surface area contributed by atoms with Crippen LogP contribution >= 0.6 is 0 Å². The van der Waals surface area contributed by atoms with Gasteiger partial charge in [0, 0.05) is 5.56 Å². The molecule has 0 saturated carbocycles. The first-order valence-corrected chi connectivity index (χ1v) is 2.99. The van der Waals surface area contributed by atoms with E-state index in [-0.39, 0.29) is 5.69 Å². The van der Waals surface area contributed by atoms with E-state index in [9.17, 15) is 9.18 Å². The van der Waals surface area contributed by atoms with Crippen LogP contribution in [0.1, 0.15) is 10.4 Å². The zero-order chi connectivity index (χ0) is 8.27. The summed E-state index contributed by atoms with van der Waals surface area (Å²) in [6.45, 7) is 0. The van der Waals surface area contributed by atoms with Crippen LogP contribution in [0.25, 0.3) is 0 Å². The molecule has 3 N–H and O–H groups in total. The van der Waals surface area contributed by atoms with Crippen LogP contribution in [0.3, 0.4) is 0 Å². The van der Waals surface area contributed by atoms with Crippen LogP contribution in [0.15, 0.2) is 18.2 Å². The molecule has 0 aliphatic carbocycles. The molecule has 0 radical (unpaired) electrons. The molecule has 0 aromatic heterocycles. The average Bonchev–Trinajstić information content (AvgIpc) is 2.05. The van der Waals surface area contributed by atoms with Gasteiger partial charge in [0.1, 0.15) is 12.1 Å². The Bertz CT molecular complexity index is 275. The Hall–Kier alpha value is -1.42. The lowest BCUT2D eigenvalue weighted by molar-refractivity contribution is 0.112. The molecular weight excluding hydrogens is 147 g/mol. The number of hydrazine groups is 1. The van der Waals surface area contributed by atoms with Crippen LogP contribution in [0, 0.1) is 5.82 Å². The normalized spacial score (nSPS) is 9.27. The first-order valence-electron chi connectivity index (χ1n) is 2.99. The number of aldehydes is 1. The van der Waals surface area contributed by atoms with Crippen molar-refractivity contribution in [2.24, 2.45) is 5.84 Å². The first-order chi connectivity index (χ1) is 5.27. The van der Waals surface area contributed by atoms with Crippen molar-refractivity contribution in [1.82, 2.24) is 0 Å². The fourth-order valence-electron chi connectivity index (χ4n) is 0.727. The topological polar surface area (TPSA) is 55.1 Å². The fourth-order valence-corrected chi connectivity index (χ4v) is 0.727. The molecule has 0 amide bonds. The van der Waals surface area contributed by atoms with Gasteiger partial charge >= 0.3 is 0 Å². The molecule has 0 bridgehead atoms. The zero-order valence-electron chi connectivity index (χ0n) is 5.67. The largest absolute Gasteiger partial charge is 0.321 e. The molecule has 1 rings (SSSR count). The van der Waals surface area contributed by atoms with Gasteiger partial charge in [0.2, 0.25) is 0 Å². The van der Waals surface area contributed by atoms with Crippen LogP contribution < -0.4 is 11.3 Å². The number of rotatable bonds is 2. The number of nitrogen functional groups attached to an aromatic ring is 1. The van der Waals surface area contributed by atoms with Gasteiger partial charge in [-0.3, -0.25) is 10.6 Å². The van der Waals surface area contributed by atoms with E-state index in [0.717, 1.165) is 0 Å². The minimum Gasteiger partial charge on any atom is -0.321 e. The first kappa shape index (κ1) is 7.68. The number of anilines is 1. The van der Waals surface area contributed by atoms with E-state index in [0.29, 0.717) is 11.8 Å². The maximum absolute atomic E-state index is 12.6. The van der Waals surface area contributed by atoms with Crippen LogP contribution in [0.5, 0.6) is 0 Å². The molecule has 0 atom stereocenters. The van der Waals surface area contributed by atoms with Crippen molar-refractivity contribution in [3.8, 4) is 0 Å². The summed E-state index contributed by atoms with van der Waals surface area (Å²) in [5, 5.41) is 0. The van der Waals surface area contributed by atoms with Crippen molar-refractivity contribution in [3.63, 3.8) is 0 Å². The van der Waals surface area contributed by atoms with Gasteiger partial charge in [-0.1, -0.05) is 0 Å². The predicted octanol–water partition coefficient (Wildman–Crippen LogP) is 0.924. The molecule has 3 nitrogen and oxygen atoms in total. The number of nitrogens with one attached hydrogen (secondary N) is 1. The summed E-state index contributed by atoms with van der Waals surface area (Å²) in [7, 11) is 0. The third-order valence-electron chi connectivity index (χ3n) is 1.28. The van der Waals surface area contributed by atoms with Gasteiger partial charge in [-0.25, -0.2) is 4.39 Å². The number of halogens is 1. The summed E-state index contributed by atoms with van der Waals surface area (Å²) in [6, 6.07) is 3.89. The van der Waals surface area contributed by atoms with Crippen molar-refractivity contribution in [1.29, 1.82) is 0 Å². The summed E-state index contributed by atoms with van der Waals surface area (Å²) in [4.78, 5) is 10.2. The van der Waals surface area contributed by atoms with E-state index in [2.05, 4.69) is 5.43 Å². The second kappa shape index (κ2) is 3.12. The minimum atomic E-state index is -0.474. The Morgan fingerprint density at radius 1 is 1.55 bits per heavy atom. The summed E-state index contributed by atoms with van der Waals surface area (Å²) < 4.78 is 12.6. The molecule has 0 saturated heterocycles. The number of hydrogen-bond acceptors (Lipinski definition) is 3. The molecule has 0 unspecified atom stereocenters. The highest BCUT2D eigenvalue weighted by Gasteiger charge is 1.99. The monoisotopic (exact) mass is 154 g/mol. The van der Waals surface area contributed by atoms with Crippen molar-refractivity contribution >= 4 is 12.0 Å². The summed E-state index contributed by atoms with van der Waals surface area (Å²) in [5.41, 5.74) is 2.64. The zero-order valence-corrected chi connectivity index (χ0v) is 5.67. The van der Waals surface area contributed by atoms with Gasteiger partial charge in [-0.2, -0.15) is 0 Å². The van der Waals surface area contributed by atoms with E-state index < -0.39 is 5.82 Å². The molecule has 0 spiro atoms. The van der Waals surface area contributed by atoms with E-state index in [1.54, 1.807) is 0 Å². The Kier molecular flexibility index (Phi) is 2.18. The summed E-state index contributed by atoms with van der Waals surface area (Å²) >= 11 is 0. The highest BCUT2D eigenvalue weighted by atomic mass is 19.1. The van der Waals surface area contributed by atoms with Crippen molar-refractivity contribution < 1.29 is 9.18 Å². The van der Waals surface area contributed by atoms with Crippen LogP contribution in [-0.4, -0.2) is 6.29 Å². The number of carbonyl (C=O) groups is 1. The average molecular weight is 154 g/mol. The number of hydrogen-bond donors (Lipinski definition) is 2. The molecular formula is C7H7FN2O. The van der Waals surface area contributed by atoms with Crippen molar-refractivity contribution in [2.75, 3.05) is 5.43 Å². The minimum absolute atomic E-state index is 0.120. The number of nitrogens with two attached hydrogens (primary N) is 1. The highest BCUT2D eigenvalue weighted by Crippen LogP contribution is 2.13. The standard InChI is InChI=1S/C7H7FN2O/c8-6-2-1-5(4-11)3-7(6)10-9/h1-4,10H,9H2. The highest BCUT2D eigenvalue weighted by molar-refractivity contribution is 5.76. The molecule has 0 aliphatic heterocycles. The van der Waals surface area contributed by atoms with Crippen molar-refractivity contribution in [2.45, 2.75) is 0 Å². The molecule has 4 heteroatoms. The van der Waals surface area contributed by atoms with Crippen LogP contribution in [0.2, 0.25) is 0 Å². The molecule has 11 heavy (non-hydrogen) atoms. The Morgan fingerprint density at radius 3 is 2.82 bits per heavy atom. The Morgan fingerprint density at radius 2 is 2.27 bits per heavy atom. The van der Waals surface area contributed by atoms with E-state index in [1.807, 2.05) is 0 Å². The third kappa shape index (κ3) is 1.53. The maximum atomic E-state index is 12.6. The van der Waals surface area contributed by atoms with Gasteiger partial charge < -0.3 is 5.43 Å². The van der Waals surface area contributed by atoms with E-state index >= 15 is 0 Å². The van der Waals surface area contributed by atoms with Gasteiger partial charge in [0.25, 0.3) is 0 Å². The molecule has 0 fully saturated rings. The molecule has 1 aromatic carbocycles. The van der Waals surface area contributed by atoms with Crippen molar-refractivity contribution in [3.05, 3.63) is 29.6 Å². The quantitative estimate of drug-likeness (QED) is 0.378.